The molecule has 10 heteroatoms. The van der Waals surface area contributed by atoms with E-state index < -0.39 is 12.7 Å². The molecule has 0 aliphatic carbocycles. The van der Waals surface area contributed by atoms with Gasteiger partial charge in [-0.15, -0.1) is 0 Å². The molecule has 0 amide bonds. The Morgan fingerprint density at radius 3 is 2.28 bits per heavy atom. The Kier molecular flexibility index (Phi) is 9.66. The van der Waals surface area contributed by atoms with Crippen LogP contribution < -0.4 is 4.74 Å². The number of halogens is 3. The third kappa shape index (κ3) is 6.74. The number of carbonyl (C=O) groups is 1. The zero-order chi connectivity index (χ0) is 34.9. The highest BCUT2D eigenvalue weighted by Crippen LogP contribution is 2.39. The second-order valence-electron chi connectivity index (χ2n) is 13.2. The third-order valence-corrected chi connectivity index (χ3v) is 10.1. The van der Waals surface area contributed by atoms with Crippen LogP contribution in [0.15, 0.2) is 71.1 Å². The van der Waals surface area contributed by atoms with Crippen LogP contribution in [0.25, 0.3) is 44.8 Å². The summed E-state index contributed by atoms with van der Waals surface area (Å²) in [5.74, 6) is -0.221. The molecule has 5 aromatic rings. The smallest absolute Gasteiger partial charge is 0.387 e. The van der Waals surface area contributed by atoms with Crippen molar-refractivity contribution in [3.05, 3.63) is 94.8 Å². The van der Waals surface area contributed by atoms with E-state index in [1.165, 1.54) is 13.2 Å². The lowest BCUT2D eigenvalue weighted by Gasteiger charge is -2.23. The predicted octanol–water partition coefficient (Wildman–Crippen LogP) is 8.92. The molecule has 4 aromatic carbocycles. The molecule has 7 nitrogen and oxygen atoms in total. The topological polar surface area (TPSA) is 68.0 Å². The summed E-state index contributed by atoms with van der Waals surface area (Å²) in [6.07, 6.45) is 3.75. The van der Waals surface area contributed by atoms with E-state index in [4.69, 9.17) is 18.9 Å². The first-order chi connectivity index (χ1) is 24.2. The molecule has 0 saturated carbocycles. The zero-order valence-corrected chi connectivity index (χ0v) is 28.5. The van der Waals surface area contributed by atoms with E-state index in [1.807, 2.05) is 61.2 Å². The lowest BCUT2D eigenvalue weighted by atomic mass is 9.89. The number of alkyl halides is 2. The Bertz CT molecular complexity index is 2040. The van der Waals surface area contributed by atoms with Crippen molar-refractivity contribution >= 4 is 17.1 Å². The van der Waals surface area contributed by atoms with Crippen molar-refractivity contribution in [2.45, 2.75) is 65.3 Å². The van der Waals surface area contributed by atoms with Gasteiger partial charge >= 0.3 is 12.6 Å². The summed E-state index contributed by atoms with van der Waals surface area (Å²) >= 11 is 0. The summed E-state index contributed by atoms with van der Waals surface area (Å²) in [5.41, 5.74) is 8.43. The first-order valence-electron chi connectivity index (χ1n) is 17.1. The Labute approximate surface area is 289 Å². The summed E-state index contributed by atoms with van der Waals surface area (Å²) in [4.78, 5) is 21.3. The van der Waals surface area contributed by atoms with E-state index in [1.54, 1.807) is 12.1 Å². The van der Waals surface area contributed by atoms with Crippen molar-refractivity contribution < 1.29 is 31.9 Å². The molecule has 7 rings (SSSR count). The molecule has 0 unspecified atom stereocenters. The van der Waals surface area contributed by atoms with Gasteiger partial charge in [0.15, 0.2) is 5.58 Å². The molecule has 2 saturated heterocycles. The number of benzene rings is 4. The van der Waals surface area contributed by atoms with Gasteiger partial charge in [0.25, 0.3) is 0 Å². The Hall–Kier alpha value is -4.67. The number of aromatic nitrogens is 1. The summed E-state index contributed by atoms with van der Waals surface area (Å²) < 4.78 is 58.4. The Morgan fingerprint density at radius 2 is 1.58 bits per heavy atom. The maximum atomic E-state index is 15.3. The van der Waals surface area contributed by atoms with Gasteiger partial charge < -0.3 is 13.9 Å². The van der Waals surface area contributed by atoms with Gasteiger partial charge in [-0.05, 0) is 111 Å². The fourth-order valence-corrected chi connectivity index (χ4v) is 7.50. The second kappa shape index (κ2) is 14.3. The van der Waals surface area contributed by atoms with Crippen LogP contribution in [0.1, 0.15) is 47.9 Å². The first-order valence-corrected chi connectivity index (χ1v) is 17.1. The summed E-state index contributed by atoms with van der Waals surface area (Å²) in [7, 11) is 1.34. The van der Waals surface area contributed by atoms with E-state index >= 15 is 4.39 Å². The highest BCUT2D eigenvalue weighted by molar-refractivity contribution is 5.85. The van der Waals surface area contributed by atoms with Crippen molar-refractivity contribution in [3.63, 3.8) is 0 Å². The van der Waals surface area contributed by atoms with Crippen LogP contribution in [0.3, 0.4) is 0 Å². The third-order valence-electron chi connectivity index (χ3n) is 10.1. The van der Waals surface area contributed by atoms with Crippen LogP contribution in [0.2, 0.25) is 0 Å². The maximum Gasteiger partial charge on any atom is 0.387 e. The standard InChI is InChI=1S/C40H40F3N3O4/c1-24-29(26-14-15-27(33(41)19-26)22-45-16-4-5-17-45)9-6-10-30(24)31-11-7-12-32(25(31)2)38-44-34-20-28(36(50-40(42)43)21-37(34)49-38)23-46-18-8-13-35(46)39(47)48-3/h6-7,9-12,14-15,19-21,35,40H,4-5,8,13,16-18,22-23H2,1-3H3/t35-/m0/s1. The number of hydrogen-bond acceptors (Lipinski definition) is 7. The van der Waals surface area contributed by atoms with Crippen LogP contribution in [-0.2, 0) is 22.6 Å². The van der Waals surface area contributed by atoms with Gasteiger partial charge in [0.2, 0.25) is 5.89 Å². The summed E-state index contributed by atoms with van der Waals surface area (Å²) in [5, 5.41) is 0. The normalized spacial score (nSPS) is 16.9. The number of methoxy groups -OCH3 is 1. The van der Waals surface area contributed by atoms with E-state index in [9.17, 15) is 13.6 Å². The van der Waals surface area contributed by atoms with Gasteiger partial charge in [-0.3, -0.25) is 14.6 Å². The van der Waals surface area contributed by atoms with Crippen molar-refractivity contribution in [1.82, 2.24) is 14.8 Å². The average Bonchev–Trinajstić information content (AvgIpc) is 3.88. The molecule has 0 bridgehead atoms. The monoisotopic (exact) mass is 683 g/mol. The van der Waals surface area contributed by atoms with Crippen LogP contribution in [0, 0.1) is 19.7 Å². The van der Waals surface area contributed by atoms with E-state index in [0.717, 1.165) is 71.3 Å². The summed E-state index contributed by atoms with van der Waals surface area (Å²) in [6.45, 7) is 4.50. The van der Waals surface area contributed by atoms with E-state index in [-0.39, 0.29) is 24.1 Å². The molecule has 1 aromatic heterocycles. The minimum atomic E-state index is -3.04. The van der Waals surface area contributed by atoms with Crippen molar-refractivity contribution in [2.24, 2.45) is 0 Å². The second-order valence-corrected chi connectivity index (χ2v) is 13.2. The minimum absolute atomic E-state index is 0.0239. The van der Waals surface area contributed by atoms with Gasteiger partial charge in [0.05, 0.1) is 7.11 Å². The van der Waals surface area contributed by atoms with Crippen molar-refractivity contribution in [2.75, 3.05) is 26.7 Å². The number of ether oxygens (including phenoxy) is 2. The van der Waals surface area contributed by atoms with Gasteiger partial charge in [0, 0.05) is 35.8 Å². The lowest BCUT2D eigenvalue weighted by Crippen LogP contribution is -2.36. The van der Waals surface area contributed by atoms with Crippen LogP contribution in [0.5, 0.6) is 5.75 Å². The quantitative estimate of drug-likeness (QED) is 0.136. The molecule has 0 N–H and O–H groups in total. The first kappa shape index (κ1) is 33.8. The van der Waals surface area contributed by atoms with E-state index in [2.05, 4.69) is 11.0 Å². The fraction of sp³-hybridized carbons (Fsp3) is 0.350. The molecule has 2 aliphatic heterocycles. The van der Waals surface area contributed by atoms with E-state index in [0.29, 0.717) is 47.6 Å². The van der Waals surface area contributed by atoms with Gasteiger partial charge in [-0.1, -0.05) is 42.5 Å². The fourth-order valence-electron chi connectivity index (χ4n) is 7.50. The van der Waals surface area contributed by atoms with Crippen LogP contribution >= 0.6 is 0 Å². The van der Waals surface area contributed by atoms with Crippen LogP contribution in [0.4, 0.5) is 13.2 Å². The number of carbonyl (C=O) groups excluding carboxylic acids is 1. The molecule has 0 spiro atoms. The largest absolute Gasteiger partial charge is 0.468 e. The predicted molar refractivity (Wildman–Crippen MR) is 186 cm³/mol. The van der Waals surface area contributed by atoms with Crippen molar-refractivity contribution in [1.29, 1.82) is 0 Å². The minimum Gasteiger partial charge on any atom is -0.468 e. The van der Waals surface area contributed by atoms with Gasteiger partial charge in [-0.2, -0.15) is 8.78 Å². The zero-order valence-electron chi connectivity index (χ0n) is 28.5. The lowest BCUT2D eigenvalue weighted by molar-refractivity contribution is -0.146. The molecular formula is C40H40F3N3O4. The molecule has 50 heavy (non-hydrogen) atoms. The number of hydrogen-bond donors (Lipinski definition) is 0. The molecular weight excluding hydrogens is 643 g/mol. The Balaban J connectivity index is 1.20. The summed E-state index contributed by atoms with van der Waals surface area (Å²) in [6, 6.07) is 20.2. The van der Waals surface area contributed by atoms with Crippen molar-refractivity contribution in [3.8, 4) is 39.5 Å². The number of esters is 1. The molecule has 1 atom stereocenters. The molecule has 3 heterocycles. The number of oxazole rings is 1. The maximum absolute atomic E-state index is 15.3. The number of fused-ring (bicyclic) bond motifs is 1. The van der Waals surface area contributed by atoms with Crippen LogP contribution in [-0.4, -0.2) is 60.2 Å². The molecule has 2 fully saturated rings. The Morgan fingerprint density at radius 1 is 0.880 bits per heavy atom. The number of likely N-dealkylation sites (tertiary alicyclic amines) is 2. The number of nitrogens with zero attached hydrogens (tertiary/aromatic N) is 3. The number of rotatable bonds is 10. The molecule has 0 radical (unpaired) electrons. The molecule has 260 valence electrons. The average molecular weight is 684 g/mol. The highest BCUT2D eigenvalue weighted by atomic mass is 19.3. The van der Waals surface area contributed by atoms with Gasteiger partial charge in [-0.25, -0.2) is 9.37 Å². The molecule has 2 aliphatic rings. The van der Waals surface area contributed by atoms with Gasteiger partial charge in [0.1, 0.15) is 23.1 Å². The SMILES string of the molecule is COC(=O)[C@@H]1CCCN1Cc1cc2nc(-c3cccc(-c4cccc(-c5ccc(CN6CCCC6)c(F)c5)c4C)c3C)oc2cc1OC(F)F. The highest BCUT2D eigenvalue weighted by Gasteiger charge is 2.32.